The molecule has 2 N–H and O–H groups in total. The number of β-lactam (4-membered cyclic amide) rings is 1. The molecule has 0 bridgehead atoms. The van der Waals surface area contributed by atoms with E-state index in [-0.39, 0.29) is 40.0 Å². The van der Waals surface area contributed by atoms with E-state index in [4.69, 9.17) is 5.11 Å². The number of carbonyl (C=O) groups excluding carboxylic acids is 1. The third-order valence-corrected chi connectivity index (χ3v) is 4.29. The van der Waals surface area contributed by atoms with Gasteiger partial charge >= 0.3 is 11.9 Å². The predicted octanol–water partition coefficient (Wildman–Crippen LogP) is -3.89. The second kappa shape index (κ2) is 3.64. The van der Waals surface area contributed by atoms with Crippen molar-refractivity contribution in [2.24, 2.45) is 0 Å². The van der Waals surface area contributed by atoms with Crippen LogP contribution in [0.5, 0.6) is 0 Å². The number of fused-ring (bicyclic) bond motifs is 1. The first kappa shape index (κ1) is 12.3. The lowest BCUT2D eigenvalue weighted by Gasteiger charge is -2.29. The lowest BCUT2D eigenvalue weighted by Crippen LogP contribution is -3.26. The van der Waals surface area contributed by atoms with Crippen LogP contribution in [0.2, 0.25) is 0 Å². The summed E-state index contributed by atoms with van der Waals surface area (Å²) in [6.07, 6.45) is 0.535. The number of carboxylic acids is 1. The number of aliphatic carboxylic acids is 1. The Hall–Kier alpha value is 0.180. The molecule has 1 unspecified atom stereocenters. The highest BCUT2D eigenvalue weighted by atomic mass is 127. The van der Waals surface area contributed by atoms with Crippen LogP contribution in [-0.2, 0) is 9.59 Å². The Bertz CT molecular complexity index is 294. The molecule has 2 aliphatic heterocycles. The van der Waals surface area contributed by atoms with Gasteiger partial charge in [-0.3, -0.25) is 0 Å². The molecule has 2 rings (SSSR count). The molecule has 0 radical (unpaired) electrons. The molecule has 0 aliphatic carbocycles. The molecule has 4 nitrogen and oxygen atoms in total. The van der Waals surface area contributed by atoms with E-state index in [0.29, 0.717) is 11.3 Å². The molecule has 2 saturated heterocycles. The van der Waals surface area contributed by atoms with Crippen molar-refractivity contribution < 1.29 is 43.6 Å². The van der Waals surface area contributed by atoms with E-state index in [2.05, 4.69) is 0 Å². The van der Waals surface area contributed by atoms with Gasteiger partial charge in [-0.25, -0.2) is 14.5 Å². The fourth-order valence-electron chi connectivity index (χ4n) is 2.14. The number of nitrogens with one attached hydrogen (secondary N) is 1. The van der Waals surface area contributed by atoms with Crippen LogP contribution >= 0.6 is 11.8 Å². The van der Waals surface area contributed by atoms with Crippen molar-refractivity contribution in [2.45, 2.75) is 36.4 Å². The molecule has 80 valence electrons. The molecule has 14 heavy (non-hydrogen) atoms. The molecule has 3 atom stereocenters. The fourth-order valence-corrected chi connectivity index (χ4v) is 3.86. The normalized spacial score (nSPS) is 38.1. The van der Waals surface area contributed by atoms with Crippen LogP contribution in [0.3, 0.4) is 0 Å². The minimum Gasteiger partial charge on any atom is -1.00 e. The number of hydrogen-bond donors (Lipinski definition) is 2. The van der Waals surface area contributed by atoms with Crippen LogP contribution in [0.25, 0.3) is 0 Å². The van der Waals surface area contributed by atoms with Gasteiger partial charge in [0, 0.05) is 0 Å². The maximum absolute atomic E-state index is 11.2. The number of carboxylic acid groups (broad SMARTS) is 1. The molecule has 2 aliphatic rings. The highest BCUT2D eigenvalue weighted by molar-refractivity contribution is 8.01. The Kier molecular flexibility index (Phi) is 3.18. The SMILES string of the molecule is CC1(C)S[C@@H]2CC(=O)[NH+]2[C@H]1C(=O)O.[I-]. The number of thioether (sulfide) groups is 1. The summed E-state index contributed by atoms with van der Waals surface area (Å²) in [7, 11) is 0. The van der Waals surface area contributed by atoms with Gasteiger partial charge in [-0.2, -0.15) is 0 Å². The van der Waals surface area contributed by atoms with Crippen LogP contribution in [0.4, 0.5) is 0 Å². The molecule has 2 heterocycles. The van der Waals surface area contributed by atoms with Gasteiger partial charge in [0.1, 0.15) is 6.42 Å². The highest BCUT2D eigenvalue weighted by Crippen LogP contribution is 2.38. The molecule has 0 saturated carbocycles. The van der Waals surface area contributed by atoms with E-state index in [0.717, 1.165) is 0 Å². The Balaban J connectivity index is 0.000000980. The van der Waals surface area contributed by atoms with Crippen molar-refractivity contribution in [1.82, 2.24) is 0 Å². The molecule has 1 amide bonds. The van der Waals surface area contributed by atoms with Crippen LogP contribution < -0.4 is 28.9 Å². The molecule has 0 aromatic heterocycles. The van der Waals surface area contributed by atoms with Gasteiger partial charge < -0.3 is 29.1 Å². The Morgan fingerprint density at radius 3 is 2.57 bits per heavy atom. The van der Waals surface area contributed by atoms with Gasteiger partial charge in [-0.1, -0.05) is 11.8 Å². The van der Waals surface area contributed by atoms with E-state index in [1.165, 1.54) is 0 Å². The molecule has 0 aromatic rings. The van der Waals surface area contributed by atoms with Gasteiger partial charge in [0.05, 0.1) is 4.75 Å². The Morgan fingerprint density at radius 2 is 2.21 bits per heavy atom. The quantitative estimate of drug-likeness (QED) is 0.382. The van der Waals surface area contributed by atoms with E-state index in [9.17, 15) is 9.59 Å². The highest BCUT2D eigenvalue weighted by Gasteiger charge is 2.64. The monoisotopic (exact) mass is 329 g/mol. The lowest BCUT2D eigenvalue weighted by atomic mass is 9.98. The predicted molar refractivity (Wildman–Crippen MR) is 47.5 cm³/mol. The zero-order valence-corrected chi connectivity index (χ0v) is 10.9. The van der Waals surface area contributed by atoms with E-state index < -0.39 is 12.0 Å². The topological polar surface area (TPSA) is 58.8 Å². The smallest absolute Gasteiger partial charge is 0.364 e. The first-order valence-electron chi connectivity index (χ1n) is 4.24. The van der Waals surface area contributed by atoms with Crippen LogP contribution in [-0.4, -0.2) is 33.1 Å². The van der Waals surface area contributed by atoms with Crippen molar-refractivity contribution in [3.63, 3.8) is 0 Å². The molecule has 0 aromatic carbocycles. The summed E-state index contributed by atoms with van der Waals surface area (Å²) in [6.45, 7) is 3.80. The summed E-state index contributed by atoms with van der Waals surface area (Å²) in [5.74, 6) is -0.807. The molecular weight excluding hydrogens is 317 g/mol. The molecular formula is C8H12INO3S. The van der Waals surface area contributed by atoms with Crippen LogP contribution in [0.15, 0.2) is 0 Å². The maximum Gasteiger partial charge on any atom is 0.364 e. The number of halogens is 1. The fraction of sp³-hybridized carbons (Fsp3) is 0.750. The second-order valence-electron chi connectivity index (χ2n) is 4.06. The van der Waals surface area contributed by atoms with Gasteiger partial charge in [-0.15, -0.1) is 0 Å². The van der Waals surface area contributed by atoms with Crippen molar-refractivity contribution in [1.29, 1.82) is 0 Å². The minimum absolute atomic E-state index is 0. The van der Waals surface area contributed by atoms with E-state index >= 15 is 0 Å². The molecule has 6 heteroatoms. The van der Waals surface area contributed by atoms with Gasteiger partial charge in [-0.05, 0) is 13.8 Å². The van der Waals surface area contributed by atoms with Crippen molar-refractivity contribution in [3.05, 3.63) is 0 Å². The van der Waals surface area contributed by atoms with Gasteiger partial charge in [0.2, 0.25) is 6.04 Å². The Morgan fingerprint density at radius 1 is 1.64 bits per heavy atom. The zero-order valence-electron chi connectivity index (χ0n) is 7.91. The van der Waals surface area contributed by atoms with Gasteiger partial charge in [0.15, 0.2) is 5.37 Å². The minimum atomic E-state index is -0.858. The number of hydrogen-bond acceptors (Lipinski definition) is 3. The second-order valence-corrected chi connectivity index (χ2v) is 5.92. The maximum atomic E-state index is 11.2. The largest absolute Gasteiger partial charge is 1.00 e. The third-order valence-electron chi connectivity index (χ3n) is 2.74. The summed E-state index contributed by atoms with van der Waals surface area (Å²) in [5, 5.41) is 9.19. The van der Waals surface area contributed by atoms with Crippen LogP contribution in [0, 0.1) is 0 Å². The van der Waals surface area contributed by atoms with E-state index in [1.807, 2.05) is 13.8 Å². The summed E-state index contributed by atoms with van der Waals surface area (Å²) in [5.41, 5.74) is 0. The number of carbonyl (C=O) groups is 2. The zero-order chi connectivity index (χ0) is 9.80. The number of quaternary nitrogens is 1. The van der Waals surface area contributed by atoms with Gasteiger partial charge in [0.25, 0.3) is 0 Å². The van der Waals surface area contributed by atoms with Crippen LogP contribution in [0.1, 0.15) is 20.3 Å². The van der Waals surface area contributed by atoms with E-state index in [1.54, 1.807) is 11.8 Å². The third kappa shape index (κ3) is 1.57. The summed E-state index contributed by atoms with van der Waals surface area (Å²) in [4.78, 5) is 22.8. The molecule has 2 fully saturated rings. The number of amides is 1. The average Bonchev–Trinajstić information content (AvgIpc) is 2.18. The first-order valence-corrected chi connectivity index (χ1v) is 5.12. The summed E-state index contributed by atoms with van der Waals surface area (Å²) in [6, 6.07) is -0.566. The summed E-state index contributed by atoms with van der Waals surface area (Å²) < 4.78 is -0.321. The van der Waals surface area contributed by atoms with Crippen molar-refractivity contribution in [2.75, 3.05) is 0 Å². The number of rotatable bonds is 1. The molecule has 0 spiro atoms. The van der Waals surface area contributed by atoms with Crippen molar-refractivity contribution >= 4 is 23.6 Å². The summed E-state index contributed by atoms with van der Waals surface area (Å²) >= 11 is 1.62. The Labute approximate surface area is 103 Å². The standard InChI is InChI=1S/C8H11NO3S.HI/c1-8(2)6(7(11)12)9-4(10)3-5(9)13-8;/h5-6H,3H2,1-2H3,(H,11,12);1H/t5-,6+;/m1./s1. The van der Waals surface area contributed by atoms with Crippen molar-refractivity contribution in [3.8, 4) is 0 Å². The lowest BCUT2D eigenvalue weighted by molar-refractivity contribution is -0.872. The first-order chi connectivity index (χ1) is 5.93. The average molecular weight is 329 g/mol.